The van der Waals surface area contributed by atoms with E-state index in [4.69, 9.17) is 11.5 Å². The molecule has 1 heteroatoms. The molecule has 0 aromatic rings. The lowest BCUT2D eigenvalue weighted by Gasteiger charge is -1.66. The summed E-state index contributed by atoms with van der Waals surface area (Å²) in [5.74, 6) is 2.33. The predicted octanol–water partition coefficient (Wildman–Crippen LogP) is -0.266. The molecular weight excluding hydrogens is 64.0 g/mol. The van der Waals surface area contributed by atoms with Gasteiger partial charge in [0.2, 0.25) is 0 Å². The van der Waals surface area contributed by atoms with Gasteiger partial charge in [-0.25, -0.2) is 0 Å². The summed E-state index contributed by atoms with van der Waals surface area (Å²) >= 11 is 0. The van der Waals surface area contributed by atoms with Crippen LogP contribution in [0.25, 0.3) is 0 Å². The topological polar surface area (TPSA) is 22.9 Å². The molecule has 5 heavy (non-hydrogen) atoms. The molecule has 0 rings (SSSR count). The highest BCUT2D eigenvalue weighted by Gasteiger charge is 1.67. The maximum absolute atomic E-state index is 6.46. The molecule has 1 nitrogen and oxygen atoms in total. The lowest BCUT2D eigenvalue weighted by molar-refractivity contribution is 0.305. The van der Waals surface area contributed by atoms with Crippen molar-refractivity contribution in [1.82, 2.24) is 0 Å². The van der Waals surface area contributed by atoms with Crippen molar-refractivity contribution >= 4 is 0 Å². The summed E-state index contributed by atoms with van der Waals surface area (Å²) in [5, 5.41) is 6.46. The first-order valence-corrected chi connectivity index (χ1v) is 1.50. The van der Waals surface area contributed by atoms with Crippen LogP contribution in [0.1, 0.15) is 6.42 Å². The minimum atomic E-state index is 0.358. The van der Waals surface area contributed by atoms with Gasteiger partial charge in [-0.1, -0.05) is 5.92 Å². The van der Waals surface area contributed by atoms with Gasteiger partial charge in [0.25, 0.3) is 0 Å². The summed E-state index contributed by atoms with van der Waals surface area (Å²) in [6.07, 6.45) is 5.35. The SMILES string of the molecule is C#CCC[OH2+]. The largest absolute Gasteiger partial charge is 0.445 e. The minimum absolute atomic E-state index is 0.358. The number of rotatable bonds is 1. The Balaban J connectivity index is 2.48. The van der Waals surface area contributed by atoms with Crippen molar-refractivity contribution in [2.24, 2.45) is 0 Å². The van der Waals surface area contributed by atoms with Crippen molar-refractivity contribution in [3.8, 4) is 12.3 Å². The second kappa shape index (κ2) is 3.52. The van der Waals surface area contributed by atoms with E-state index in [0.29, 0.717) is 13.0 Å². The number of hydrogen-bond acceptors (Lipinski definition) is 0. The van der Waals surface area contributed by atoms with Gasteiger partial charge in [-0.3, -0.25) is 0 Å². The van der Waals surface area contributed by atoms with Gasteiger partial charge in [0.05, 0.1) is 6.42 Å². The highest BCUT2D eigenvalue weighted by atomic mass is 16.2. The summed E-state index contributed by atoms with van der Waals surface area (Å²) in [6, 6.07) is 0. The first kappa shape index (κ1) is 4.52. The first-order valence-electron chi connectivity index (χ1n) is 1.50. The van der Waals surface area contributed by atoms with E-state index in [9.17, 15) is 0 Å². The van der Waals surface area contributed by atoms with Crippen LogP contribution in [0.4, 0.5) is 0 Å². The third-order valence-electron chi connectivity index (χ3n) is 0.269. The van der Waals surface area contributed by atoms with E-state index >= 15 is 0 Å². The average Bonchev–Trinajstić information content (AvgIpc) is 1.41. The van der Waals surface area contributed by atoms with Crippen molar-refractivity contribution in [3.05, 3.63) is 0 Å². The van der Waals surface area contributed by atoms with E-state index in [1.165, 1.54) is 0 Å². The second-order valence-electron chi connectivity index (χ2n) is 0.704. The van der Waals surface area contributed by atoms with Crippen molar-refractivity contribution in [1.29, 1.82) is 0 Å². The molecule has 0 heterocycles. The molecule has 0 fully saturated rings. The Kier molecular flexibility index (Phi) is 3.18. The van der Waals surface area contributed by atoms with Crippen LogP contribution >= 0.6 is 0 Å². The van der Waals surface area contributed by atoms with Crippen LogP contribution in [0.3, 0.4) is 0 Å². The van der Waals surface area contributed by atoms with Crippen LogP contribution in [0.5, 0.6) is 0 Å². The first-order chi connectivity index (χ1) is 2.41. The summed E-state index contributed by atoms with van der Waals surface area (Å²) in [7, 11) is 0. The van der Waals surface area contributed by atoms with Crippen molar-refractivity contribution < 1.29 is 5.11 Å². The zero-order chi connectivity index (χ0) is 4.12. The molecule has 0 saturated heterocycles. The third-order valence-corrected chi connectivity index (χ3v) is 0.269. The molecule has 0 aliphatic carbocycles. The summed E-state index contributed by atoms with van der Waals surface area (Å²) in [6.45, 7) is 0.358. The molecule has 0 saturated carbocycles. The zero-order valence-electron chi connectivity index (χ0n) is 2.99. The Morgan fingerprint density at radius 1 is 1.80 bits per heavy atom. The van der Waals surface area contributed by atoms with Gasteiger partial charge in [-0.05, 0) is 0 Å². The zero-order valence-corrected chi connectivity index (χ0v) is 2.99. The van der Waals surface area contributed by atoms with Gasteiger partial charge in [0.15, 0.2) is 6.61 Å². The molecule has 0 amide bonds. The van der Waals surface area contributed by atoms with Gasteiger partial charge < -0.3 is 5.11 Å². The van der Waals surface area contributed by atoms with Crippen LogP contribution < -0.4 is 0 Å². The molecule has 0 aliphatic rings. The molecule has 28 valence electrons. The Labute approximate surface area is 31.6 Å². The van der Waals surface area contributed by atoms with E-state index < -0.39 is 0 Å². The second-order valence-corrected chi connectivity index (χ2v) is 0.704. The van der Waals surface area contributed by atoms with Gasteiger partial charge in [-0.2, -0.15) is 0 Å². The number of terminal acetylenes is 1. The molecule has 0 spiro atoms. The summed E-state index contributed by atoms with van der Waals surface area (Å²) in [5.41, 5.74) is 0. The molecule has 0 atom stereocenters. The van der Waals surface area contributed by atoms with Crippen LogP contribution in [0.15, 0.2) is 0 Å². The Morgan fingerprint density at radius 2 is 2.40 bits per heavy atom. The van der Waals surface area contributed by atoms with Crippen LogP contribution in [0.2, 0.25) is 0 Å². The Morgan fingerprint density at radius 3 is 2.40 bits per heavy atom. The minimum Gasteiger partial charge on any atom is -0.445 e. The molecule has 0 bridgehead atoms. The summed E-state index contributed by atoms with van der Waals surface area (Å²) in [4.78, 5) is 0. The molecular formula is C4H7O+. The highest BCUT2D eigenvalue weighted by Crippen LogP contribution is 1.62. The molecule has 0 unspecified atom stereocenters. The van der Waals surface area contributed by atoms with Crippen LogP contribution in [-0.4, -0.2) is 11.7 Å². The predicted molar refractivity (Wildman–Crippen MR) is 21.9 cm³/mol. The van der Waals surface area contributed by atoms with Crippen molar-refractivity contribution in [2.45, 2.75) is 6.42 Å². The van der Waals surface area contributed by atoms with E-state index in [1.807, 2.05) is 0 Å². The van der Waals surface area contributed by atoms with Gasteiger partial charge >= 0.3 is 0 Å². The lowest BCUT2D eigenvalue weighted by Crippen LogP contribution is -1.72. The van der Waals surface area contributed by atoms with Crippen molar-refractivity contribution in [2.75, 3.05) is 6.61 Å². The maximum Gasteiger partial charge on any atom is 0.154 e. The fourth-order valence-electron chi connectivity index (χ4n) is 0.0722. The van der Waals surface area contributed by atoms with Crippen LogP contribution in [-0.2, 0) is 0 Å². The van der Waals surface area contributed by atoms with Crippen LogP contribution in [0, 0.1) is 12.3 Å². The number of hydrogen-bond donors (Lipinski definition) is 0. The molecule has 2 N–H and O–H groups in total. The molecule has 0 radical (unpaired) electrons. The molecule has 0 aromatic heterocycles. The fourth-order valence-corrected chi connectivity index (χ4v) is 0.0722. The van der Waals surface area contributed by atoms with E-state index in [1.54, 1.807) is 0 Å². The Bertz CT molecular complexity index is 42.1. The maximum atomic E-state index is 6.46. The highest BCUT2D eigenvalue weighted by molar-refractivity contribution is 4.82. The van der Waals surface area contributed by atoms with E-state index in [2.05, 4.69) is 5.92 Å². The lowest BCUT2D eigenvalue weighted by atomic mass is 10.5. The van der Waals surface area contributed by atoms with E-state index in [-0.39, 0.29) is 0 Å². The molecule has 0 aliphatic heterocycles. The summed E-state index contributed by atoms with van der Waals surface area (Å²) < 4.78 is 0. The van der Waals surface area contributed by atoms with Gasteiger partial charge in [0.1, 0.15) is 0 Å². The van der Waals surface area contributed by atoms with Gasteiger partial charge in [0, 0.05) is 0 Å². The monoisotopic (exact) mass is 71.0 g/mol. The standard InChI is InChI=1S/C4H6O/c1-2-3-4-5/h1,5H,3-4H2/p+1. The Hall–Kier alpha value is -0.480. The third kappa shape index (κ3) is 3.52. The smallest absolute Gasteiger partial charge is 0.154 e. The van der Waals surface area contributed by atoms with Gasteiger partial charge in [-0.15, -0.1) is 6.42 Å². The molecule has 0 aromatic carbocycles. The van der Waals surface area contributed by atoms with Crippen molar-refractivity contribution in [3.63, 3.8) is 0 Å². The quantitative estimate of drug-likeness (QED) is 0.300. The normalized spacial score (nSPS) is 6.40. The fraction of sp³-hybridized carbons (Fsp3) is 0.500. The average molecular weight is 71.1 g/mol. The van der Waals surface area contributed by atoms with E-state index in [0.717, 1.165) is 0 Å².